The second-order valence-electron chi connectivity index (χ2n) is 9.10. The molecule has 2 heterocycles. The van der Waals surface area contributed by atoms with Crippen LogP contribution in [0.25, 0.3) is 61.7 Å². The molecule has 0 amide bonds. The number of aromatic nitrogens is 4. The van der Waals surface area contributed by atoms with Crippen LogP contribution in [-0.2, 0) is 0 Å². The summed E-state index contributed by atoms with van der Waals surface area (Å²) in [6.45, 7) is 0. The average molecular weight is 509 g/mol. The molecule has 0 aliphatic heterocycles. The fourth-order valence-corrected chi connectivity index (χ4v) is 5.03. The molecule has 0 saturated carbocycles. The molecule has 5 aromatic carbocycles. The standard InChI is InChI=1S/C33H21ClN4/c34-26-20-18-25(19-21-26)32-35-31(24-16-14-23(15-17-24)22-8-2-1-3-9-22)36-33(37-32)38-29-12-6-4-10-27(29)28-11-5-7-13-30(28)38/h1-21H. The summed E-state index contributed by atoms with van der Waals surface area (Å²) in [5.74, 6) is 1.78. The molecule has 0 unspecified atom stereocenters. The first-order valence-electron chi connectivity index (χ1n) is 12.4. The zero-order valence-corrected chi connectivity index (χ0v) is 21.0. The van der Waals surface area contributed by atoms with E-state index < -0.39 is 0 Å². The van der Waals surface area contributed by atoms with Gasteiger partial charge in [0, 0.05) is 26.9 Å². The van der Waals surface area contributed by atoms with Gasteiger partial charge in [-0.25, -0.2) is 4.98 Å². The molecule has 0 saturated heterocycles. The van der Waals surface area contributed by atoms with Gasteiger partial charge in [-0.3, -0.25) is 4.57 Å². The van der Waals surface area contributed by atoms with E-state index in [1.165, 1.54) is 5.56 Å². The van der Waals surface area contributed by atoms with Gasteiger partial charge in [-0.05, 0) is 47.5 Å². The third-order valence-electron chi connectivity index (χ3n) is 6.76. The lowest BCUT2D eigenvalue weighted by molar-refractivity contribution is 0.953. The molecule has 0 aliphatic rings. The maximum atomic E-state index is 6.18. The maximum absolute atomic E-state index is 6.18. The van der Waals surface area contributed by atoms with E-state index in [9.17, 15) is 0 Å². The van der Waals surface area contributed by atoms with Crippen LogP contribution in [0.15, 0.2) is 127 Å². The minimum absolute atomic E-state index is 0.574. The quantitative estimate of drug-likeness (QED) is 0.239. The van der Waals surface area contributed by atoms with Gasteiger partial charge in [0.1, 0.15) is 0 Å². The first kappa shape index (κ1) is 22.4. The Morgan fingerprint density at radius 3 is 1.45 bits per heavy atom. The van der Waals surface area contributed by atoms with Gasteiger partial charge in [-0.1, -0.05) is 103 Å². The van der Waals surface area contributed by atoms with Crippen LogP contribution in [0.1, 0.15) is 0 Å². The van der Waals surface area contributed by atoms with Crippen LogP contribution < -0.4 is 0 Å². The molecular formula is C33H21ClN4. The van der Waals surface area contributed by atoms with Gasteiger partial charge in [0.2, 0.25) is 5.95 Å². The average Bonchev–Trinajstić information content (AvgIpc) is 3.32. The summed E-state index contributed by atoms with van der Waals surface area (Å²) in [6.07, 6.45) is 0. The normalized spacial score (nSPS) is 11.3. The summed E-state index contributed by atoms with van der Waals surface area (Å²) < 4.78 is 2.12. The van der Waals surface area contributed by atoms with Crippen molar-refractivity contribution in [1.29, 1.82) is 0 Å². The van der Waals surface area contributed by atoms with Crippen LogP contribution in [0, 0.1) is 0 Å². The van der Waals surface area contributed by atoms with E-state index in [1.54, 1.807) is 0 Å². The van der Waals surface area contributed by atoms with Crippen molar-refractivity contribution < 1.29 is 0 Å². The first-order chi connectivity index (χ1) is 18.7. The Morgan fingerprint density at radius 2 is 0.868 bits per heavy atom. The van der Waals surface area contributed by atoms with Crippen molar-refractivity contribution in [3.63, 3.8) is 0 Å². The van der Waals surface area contributed by atoms with E-state index in [0.717, 1.165) is 38.5 Å². The van der Waals surface area contributed by atoms with Crippen LogP contribution in [0.4, 0.5) is 0 Å². The largest absolute Gasteiger partial charge is 0.278 e. The van der Waals surface area contributed by atoms with Crippen molar-refractivity contribution in [2.24, 2.45) is 0 Å². The Bertz CT molecular complexity index is 1850. The van der Waals surface area contributed by atoms with Crippen molar-refractivity contribution in [1.82, 2.24) is 19.5 Å². The van der Waals surface area contributed by atoms with Gasteiger partial charge >= 0.3 is 0 Å². The molecule has 7 rings (SSSR count). The summed E-state index contributed by atoms with van der Waals surface area (Å²) in [5.41, 5.74) is 6.21. The van der Waals surface area contributed by atoms with Crippen molar-refractivity contribution >= 4 is 33.4 Å². The fourth-order valence-electron chi connectivity index (χ4n) is 4.90. The predicted molar refractivity (Wildman–Crippen MR) is 155 cm³/mol. The number of fused-ring (bicyclic) bond motifs is 3. The molecule has 0 aliphatic carbocycles. The molecule has 0 radical (unpaired) electrons. The minimum Gasteiger partial charge on any atom is -0.278 e. The van der Waals surface area contributed by atoms with Gasteiger partial charge in [-0.15, -0.1) is 0 Å². The van der Waals surface area contributed by atoms with Gasteiger partial charge in [-0.2, -0.15) is 9.97 Å². The lowest BCUT2D eigenvalue weighted by Gasteiger charge is -2.11. The summed E-state index contributed by atoms with van der Waals surface area (Å²) >= 11 is 6.18. The number of benzene rings is 5. The Balaban J connectivity index is 1.45. The molecule has 0 bridgehead atoms. The molecule has 0 N–H and O–H groups in total. The van der Waals surface area contributed by atoms with Crippen LogP contribution in [0.5, 0.6) is 0 Å². The molecule has 0 atom stereocenters. The van der Waals surface area contributed by atoms with E-state index in [1.807, 2.05) is 54.6 Å². The smallest absolute Gasteiger partial charge is 0.238 e. The number of hydrogen-bond acceptors (Lipinski definition) is 3. The molecule has 2 aromatic heterocycles. The predicted octanol–water partition coefficient (Wildman–Crippen LogP) is 8.62. The number of para-hydroxylation sites is 2. The monoisotopic (exact) mass is 508 g/mol. The highest BCUT2D eigenvalue weighted by Gasteiger charge is 2.17. The molecule has 5 heteroatoms. The molecule has 38 heavy (non-hydrogen) atoms. The summed E-state index contributed by atoms with van der Waals surface area (Å²) in [7, 11) is 0. The highest BCUT2D eigenvalue weighted by Crippen LogP contribution is 2.32. The summed E-state index contributed by atoms with van der Waals surface area (Å²) in [6, 6.07) is 43.0. The van der Waals surface area contributed by atoms with Gasteiger partial charge in [0.05, 0.1) is 11.0 Å². The van der Waals surface area contributed by atoms with Crippen molar-refractivity contribution in [3.8, 4) is 39.9 Å². The SMILES string of the molecule is Clc1ccc(-c2nc(-c3ccc(-c4ccccc4)cc3)nc(-n3c4ccccc4c4ccccc43)n2)cc1. The number of halogens is 1. The molecule has 0 fully saturated rings. The van der Waals surface area contributed by atoms with Crippen LogP contribution in [-0.4, -0.2) is 19.5 Å². The highest BCUT2D eigenvalue weighted by molar-refractivity contribution is 6.30. The second kappa shape index (κ2) is 9.25. The Morgan fingerprint density at radius 1 is 0.421 bits per heavy atom. The van der Waals surface area contributed by atoms with Gasteiger partial charge in [0.15, 0.2) is 11.6 Å². The molecule has 7 aromatic rings. The Kier molecular flexibility index (Phi) is 5.46. The van der Waals surface area contributed by atoms with E-state index >= 15 is 0 Å². The van der Waals surface area contributed by atoms with E-state index in [-0.39, 0.29) is 0 Å². The van der Waals surface area contributed by atoms with Crippen molar-refractivity contribution in [3.05, 3.63) is 132 Å². The molecule has 180 valence electrons. The summed E-state index contributed by atoms with van der Waals surface area (Å²) in [5, 5.41) is 2.98. The topological polar surface area (TPSA) is 43.6 Å². The van der Waals surface area contributed by atoms with Crippen LogP contribution in [0.3, 0.4) is 0 Å². The minimum atomic E-state index is 0.574. The third-order valence-corrected chi connectivity index (χ3v) is 7.01. The molecule has 0 spiro atoms. The van der Waals surface area contributed by atoms with E-state index in [0.29, 0.717) is 22.6 Å². The lowest BCUT2D eigenvalue weighted by Crippen LogP contribution is -2.06. The second-order valence-corrected chi connectivity index (χ2v) is 9.54. The molecule has 4 nitrogen and oxygen atoms in total. The third kappa shape index (κ3) is 3.92. The number of hydrogen-bond donors (Lipinski definition) is 0. The maximum Gasteiger partial charge on any atom is 0.238 e. The first-order valence-corrected chi connectivity index (χ1v) is 12.8. The highest BCUT2D eigenvalue weighted by atomic mass is 35.5. The van der Waals surface area contributed by atoms with E-state index in [2.05, 4.69) is 77.4 Å². The Hall–Kier alpha value is -4.80. The lowest BCUT2D eigenvalue weighted by atomic mass is 10.0. The van der Waals surface area contributed by atoms with Crippen molar-refractivity contribution in [2.45, 2.75) is 0 Å². The molecular weight excluding hydrogens is 488 g/mol. The zero-order chi connectivity index (χ0) is 25.5. The zero-order valence-electron chi connectivity index (χ0n) is 20.3. The van der Waals surface area contributed by atoms with Gasteiger partial charge in [0.25, 0.3) is 0 Å². The van der Waals surface area contributed by atoms with Crippen LogP contribution >= 0.6 is 11.6 Å². The van der Waals surface area contributed by atoms with Gasteiger partial charge < -0.3 is 0 Å². The van der Waals surface area contributed by atoms with Crippen LogP contribution in [0.2, 0.25) is 5.02 Å². The number of nitrogens with zero attached hydrogens (tertiary/aromatic N) is 4. The van der Waals surface area contributed by atoms with Crippen molar-refractivity contribution in [2.75, 3.05) is 0 Å². The number of rotatable bonds is 4. The summed E-state index contributed by atoms with van der Waals surface area (Å²) in [4.78, 5) is 14.9. The van der Waals surface area contributed by atoms with E-state index in [4.69, 9.17) is 26.6 Å². The Labute approximate surface area is 224 Å². The fraction of sp³-hybridized carbons (Fsp3) is 0.